The van der Waals surface area contributed by atoms with E-state index in [9.17, 15) is 4.79 Å². The third-order valence-corrected chi connectivity index (χ3v) is 6.83. The highest BCUT2D eigenvalue weighted by Crippen LogP contribution is 2.45. The molecular formula is C27H22ClN3O. The number of Topliss-reactive ketones (excluding diaryl/α,β-unsaturated/α-hetero) is 1. The van der Waals surface area contributed by atoms with Crippen LogP contribution >= 0.6 is 11.6 Å². The third kappa shape index (κ3) is 3.19. The standard InChI is InChI=1S/C27H22ClN3O/c28-18-11-9-16(10-12-18)17-13-24-26(25(32)14-17)27(31-23-8-4-3-7-22(23)30-24)20-15-29-21-6-2-1-5-19(20)21/h1-12,15,17,27,29-31H,13-14H2/t17-,27+/m0/s1. The molecule has 2 atom stereocenters. The van der Waals surface area contributed by atoms with Crippen molar-refractivity contribution in [2.75, 3.05) is 10.6 Å². The molecule has 6 rings (SSSR count). The predicted molar refractivity (Wildman–Crippen MR) is 130 cm³/mol. The number of allylic oxidation sites excluding steroid dienone is 1. The molecule has 5 heteroatoms. The molecule has 1 aliphatic carbocycles. The molecule has 0 spiro atoms. The van der Waals surface area contributed by atoms with Crippen LogP contribution in [0.1, 0.15) is 35.9 Å². The number of para-hydroxylation sites is 3. The predicted octanol–water partition coefficient (Wildman–Crippen LogP) is 6.80. The van der Waals surface area contributed by atoms with Crippen LogP contribution in [0.2, 0.25) is 5.02 Å². The lowest BCUT2D eigenvalue weighted by Crippen LogP contribution is -2.26. The Balaban J connectivity index is 1.49. The van der Waals surface area contributed by atoms with Crippen molar-refractivity contribution in [1.29, 1.82) is 0 Å². The minimum absolute atomic E-state index is 0.125. The molecule has 32 heavy (non-hydrogen) atoms. The van der Waals surface area contributed by atoms with Gasteiger partial charge in [0.25, 0.3) is 0 Å². The zero-order valence-electron chi connectivity index (χ0n) is 17.4. The zero-order valence-corrected chi connectivity index (χ0v) is 18.1. The van der Waals surface area contributed by atoms with Crippen molar-refractivity contribution >= 4 is 39.7 Å². The summed E-state index contributed by atoms with van der Waals surface area (Å²) in [6, 6.07) is 24.0. The first-order valence-electron chi connectivity index (χ1n) is 10.9. The van der Waals surface area contributed by atoms with Gasteiger partial charge in [-0.3, -0.25) is 4.79 Å². The SMILES string of the molecule is O=C1C[C@@H](c2ccc(Cl)cc2)CC2=C1[C@@H](c1c[nH]c3ccccc13)Nc1ccccc1N2. The summed E-state index contributed by atoms with van der Waals surface area (Å²) in [6.45, 7) is 0. The molecule has 0 unspecified atom stereocenters. The van der Waals surface area contributed by atoms with Gasteiger partial charge in [0.15, 0.2) is 5.78 Å². The van der Waals surface area contributed by atoms with Gasteiger partial charge in [0.05, 0.1) is 17.4 Å². The molecule has 0 radical (unpaired) electrons. The van der Waals surface area contributed by atoms with E-state index in [1.807, 2.05) is 54.7 Å². The van der Waals surface area contributed by atoms with Crippen molar-refractivity contribution in [3.05, 3.63) is 106 Å². The maximum atomic E-state index is 13.7. The lowest BCUT2D eigenvalue weighted by Gasteiger charge is -2.29. The minimum Gasteiger partial charge on any atom is -0.372 e. The van der Waals surface area contributed by atoms with Crippen LogP contribution in [0.5, 0.6) is 0 Å². The molecule has 1 aliphatic heterocycles. The van der Waals surface area contributed by atoms with E-state index in [1.165, 1.54) is 0 Å². The average Bonchev–Trinajstić information content (AvgIpc) is 3.15. The highest BCUT2D eigenvalue weighted by Gasteiger charge is 2.36. The summed E-state index contributed by atoms with van der Waals surface area (Å²) in [5.41, 5.74) is 7.11. The van der Waals surface area contributed by atoms with Gasteiger partial charge in [-0.1, -0.05) is 54.1 Å². The fourth-order valence-electron chi connectivity index (χ4n) is 5.03. The Bertz CT molecular complexity index is 1370. The number of halogens is 1. The third-order valence-electron chi connectivity index (χ3n) is 6.58. The zero-order chi connectivity index (χ0) is 21.7. The van der Waals surface area contributed by atoms with Crippen LogP contribution < -0.4 is 10.6 Å². The number of benzene rings is 3. The number of fused-ring (bicyclic) bond motifs is 2. The monoisotopic (exact) mass is 439 g/mol. The second kappa shape index (κ2) is 7.57. The van der Waals surface area contributed by atoms with Gasteiger partial charge in [0.1, 0.15) is 0 Å². The van der Waals surface area contributed by atoms with Gasteiger partial charge in [-0.15, -0.1) is 0 Å². The Morgan fingerprint density at radius 1 is 0.844 bits per heavy atom. The number of carbonyl (C=O) groups excluding carboxylic acids is 1. The maximum Gasteiger partial charge on any atom is 0.163 e. The first-order chi connectivity index (χ1) is 15.7. The van der Waals surface area contributed by atoms with Crippen molar-refractivity contribution in [1.82, 2.24) is 4.98 Å². The van der Waals surface area contributed by atoms with E-state index in [1.54, 1.807) is 0 Å². The van der Waals surface area contributed by atoms with E-state index in [0.29, 0.717) is 11.4 Å². The number of carbonyl (C=O) groups is 1. The van der Waals surface area contributed by atoms with Gasteiger partial charge in [0.2, 0.25) is 0 Å². The summed E-state index contributed by atoms with van der Waals surface area (Å²) in [4.78, 5) is 17.0. The van der Waals surface area contributed by atoms with Crippen LogP contribution in [0.4, 0.5) is 11.4 Å². The normalized spacial score (nSPS) is 20.2. The van der Waals surface area contributed by atoms with Crippen LogP contribution in [0, 0.1) is 0 Å². The Morgan fingerprint density at radius 2 is 1.59 bits per heavy atom. The quantitative estimate of drug-likeness (QED) is 0.322. The minimum atomic E-state index is -0.226. The van der Waals surface area contributed by atoms with Crippen LogP contribution in [-0.2, 0) is 4.79 Å². The van der Waals surface area contributed by atoms with Gasteiger partial charge in [-0.05, 0) is 48.2 Å². The van der Waals surface area contributed by atoms with Crippen molar-refractivity contribution in [2.24, 2.45) is 0 Å². The summed E-state index contributed by atoms with van der Waals surface area (Å²) in [5.74, 6) is 0.300. The second-order valence-corrected chi connectivity index (χ2v) is 8.95. The van der Waals surface area contributed by atoms with E-state index in [4.69, 9.17) is 11.6 Å². The summed E-state index contributed by atoms with van der Waals surface area (Å²) in [7, 11) is 0. The highest BCUT2D eigenvalue weighted by molar-refractivity contribution is 6.30. The number of ketones is 1. The number of hydrogen-bond donors (Lipinski definition) is 3. The van der Waals surface area contributed by atoms with Crippen LogP contribution in [-0.4, -0.2) is 10.8 Å². The van der Waals surface area contributed by atoms with E-state index in [0.717, 1.165) is 51.1 Å². The van der Waals surface area contributed by atoms with Crippen LogP contribution in [0.3, 0.4) is 0 Å². The number of rotatable bonds is 2. The molecular weight excluding hydrogens is 418 g/mol. The van der Waals surface area contributed by atoms with E-state index >= 15 is 0 Å². The fraction of sp³-hybridized carbons (Fsp3) is 0.148. The number of aromatic amines is 1. The summed E-state index contributed by atoms with van der Waals surface area (Å²) in [6.07, 6.45) is 3.29. The van der Waals surface area contributed by atoms with Gasteiger partial charge in [-0.2, -0.15) is 0 Å². The first kappa shape index (κ1) is 19.2. The first-order valence-corrected chi connectivity index (χ1v) is 11.3. The van der Waals surface area contributed by atoms with Crippen molar-refractivity contribution < 1.29 is 4.79 Å². The Kier molecular flexibility index (Phi) is 4.54. The topological polar surface area (TPSA) is 56.9 Å². The molecule has 2 heterocycles. The van der Waals surface area contributed by atoms with Gasteiger partial charge in [0, 0.05) is 45.4 Å². The molecule has 3 N–H and O–H groups in total. The van der Waals surface area contributed by atoms with Gasteiger partial charge >= 0.3 is 0 Å². The maximum absolute atomic E-state index is 13.7. The Labute approximate surface area is 191 Å². The lowest BCUT2D eigenvalue weighted by molar-refractivity contribution is -0.116. The summed E-state index contributed by atoms with van der Waals surface area (Å²) < 4.78 is 0. The molecule has 3 aromatic carbocycles. The molecule has 1 aromatic heterocycles. The number of anilines is 2. The number of nitrogens with one attached hydrogen (secondary N) is 3. The average molecular weight is 440 g/mol. The molecule has 0 fully saturated rings. The lowest BCUT2D eigenvalue weighted by atomic mass is 9.78. The van der Waals surface area contributed by atoms with Crippen LogP contribution in [0.25, 0.3) is 10.9 Å². The molecule has 0 amide bonds. The summed E-state index contributed by atoms with van der Waals surface area (Å²) in [5, 5.41) is 9.11. The fourth-order valence-corrected chi connectivity index (χ4v) is 5.16. The smallest absolute Gasteiger partial charge is 0.163 e. The van der Waals surface area contributed by atoms with E-state index in [2.05, 4.69) is 39.9 Å². The van der Waals surface area contributed by atoms with Gasteiger partial charge < -0.3 is 15.6 Å². The van der Waals surface area contributed by atoms with Crippen molar-refractivity contribution in [3.8, 4) is 0 Å². The van der Waals surface area contributed by atoms with Gasteiger partial charge in [-0.25, -0.2) is 0 Å². The Hall–Kier alpha value is -3.50. The molecule has 4 nitrogen and oxygen atoms in total. The number of H-pyrrole nitrogens is 1. The van der Waals surface area contributed by atoms with E-state index in [-0.39, 0.29) is 17.7 Å². The molecule has 0 saturated heterocycles. The molecule has 0 saturated carbocycles. The molecule has 4 aromatic rings. The Morgan fingerprint density at radius 3 is 2.44 bits per heavy atom. The van der Waals surface area contributed by atoms with Crippen molar-refractivity contribution in [2.45, 2.75) is 24.8 Å². The van der Waals surface area contributed by atoms with E-state index < -0.39 is 0 Å². The molecule has 158 valence electrons. The largest absolute Gasteiger partial charge is 0.372 e. The van der Waals surface area contributed by atoms with Crippen LogP contribution in [0.15, 0.2) is 90.3 Å². The number of aromatic nitrogens is 1. The second-order valence-electron chi connectivity index (χ2n) is 8.51. The molecule has 0 bridgehead atoms. The highest BCUT2D eigenvalue weighted by atomic mass is 35.5. The molecule has 2 aliphatic rings. The van der Waals surface area contributed by atoms with Crippen molar-refractivity contribution in [3.63, 3.8) is 0 Å². The summed E-state index contributed by atoms with van der Waals surface area (Å²) >= 11 is 6.09. The number of hydrogen-bond acceptors (Lipinski definition) is 3.